The number of hydrogen-bond donors (Lipinski definition) is 0. The molecule has 4 aromatic rings. The highest BCUT2D eigenvalue weighted by molar-refractivity contribution is 5.92. The van der Waals surface area contributed by atoms with Gasteiger partial charge in [-0.25, -0.2) is 18.4 Å². The lowest BCUT2D eigenvalue weighted by atomic mass is 10.1. The van der Waals surface area contributed by atoms with Crippen molar-refractivity contribution in [3.8, 4) is 22.6 Å². The predicted octanol–water partition coefficient (Wildman–Crippen LogP) is 6.07. The van der Waals surface area contributed by atoms with E-state index in [2.05, 4.69) is 0 Å². The van der Waals surface area contributed by atoms with Crippen molar-refractivity contribution in [1.82, 2.24) is 0 Å². The Kier molecular flexibility index (Phi) is 6.03. The van der Waals surface area contributed by atoms with Crippen molar-refractivity contribution in [2.24, 2.45) is 0 Å². The Morgan fingerprint density at radius 2 is 0.844 bits per heavy atom. The second-order valence-electron chi connectivity index (χ2n) is 6.79. The van der Waals surface area contributed by atoms with Crippen LogP contribution in [0.4, 0.5) is 8.78 Å². The van der Waals surface area contributed by atoms with E-state index in [1.54, 1.807) is 60.7 Å². The van der Waals surface area contributed by atoms with Crippen molar-refractivity contribution in [3.63, 3.8) is 0 Å². The largest absolute Gasteiger partial charge is 0.423 e. The fourth-order valence-electron chi connectivity index (χ4n) is 3.01. The molecule has 0 bridgehead atoms. The lowest BCUT2D eigenvalue weighted by molar-refractivity contribution is 0.0720. The predicted molar refractivity (Wildman–Crippen MR) is 115 cm³/mol. The summed E-state index contributed by atoms with van der Waals surface area (Å²) >= 11 is 0. The van der Waals surface area contributed by atoms with Gasteiger partial charge in [-0.15, -0.1) is 0 Å². The maximum Gasteiger partial charge on any atom is 0.346 e. The van der Waals surface area contributed by atoms with Gasteiger partial charge >= 0.3 is 11.9 Å². The Balaban J connectivity index is 1.42. The maximum absolute atomic E-state index is 13.7. The van der Waals surface area contributed by atoms with E-state index in [0.29, 0.717) is 0 Å². The van der Waals surface area contributed by atoms with Crippen LogP contribution >= 0.6 is 0 Å². The van der Waals surface area contributed by atoms with Crippen LogP contribution in [0, 0.1) is 11.6 Å². The molecule has 0 radical (unpaired) electrons. The van der Waals surface area contributed by atoms with Gasteiger partial charge in [0, 0.05) is 0 Å². The topological polar surface area (TPSA) is 52.6 Å². The number of rotatable bonds is 5. The average molecular weight is 430 g/mol. The first-order chi connectivity index (χ1) is 15.5. The second kappa shape index (κ2) is 9.22. The van der Waals surface area contributed by atoms with Gasteiger partial charge in [0.1, 0.15) is 23.1 Å². The molecule has 4 nitrogen and oxygen atoms in total. The highest BCUT2D eigenvalue weighted by Crippen LogP contribution is 2.25. The van der Waals surface area contributed by atoms with Crippen LogP contribution in [0.25, 0.3) is 11.1 Å². The minimum atomic E-state index is -0.781. The normalized spacial score (nSPS) is 10.4. The molecule has 4 rings (SSSR count). The summed E-state index contributed by atoms with van der Waals surface area (Å²) in [5, 5.41) is 0. The summed E-state index contributed by atoms with van der Waals surface area (Å²) in [6, 6.07) is 24.5. The molecule has 0 aliphatic carbocycles. The Bertz CT molecular complexity index is 1160. The number of esters is 2. The molecule has 158 valence electrons. The molecule has 0 spiro atoms. The molecule has 0 aliphatic heterocycles. The van der Waals surface area contributed by atoms with E-state index in [4.69, 9.17) is 9.47 Å². The van der Waals surface area contributed by atoms with E-state index in [1.165, 1.54) is 36.4 Å². The molecule has 32 heavy (non-hydrogen) atoms. The highest BCUT2D eigenvalue weighted by Gasteiger charge is 2.14. The molecule has 0 N–H and O–H groups in total. The van der Waals surface area contributed by atoms with E-state index in [9.17, 15) is 18.4 Å². The zero-order valence-electron chi connectivity index (χ0n) is 16.6. The fourth-order valence-corrected chi connectivity index (χ4v) is 3.01. The van der Waals surface area contributed by atoms with Gasteiger partial charge in [0.25, 0.3) is 0 Å². The molecule has 0 unspecified atom stereocenters. The molecule has 0 aliphatic rings. The minimum absolute atomic E-state index is 0.142. The van der Waals surface area contributed by atoms with Crippen LogP contribution in [-0.4, -0.2) is 11.9 Å². The third-order valence-electron chi connectivity index (χ3n) is 4.65. The summed E-state index contributed by atoms with van der Waals surface area (Å²) < 4.78 is 37.9. The number of benzene rings is 4. The molecule has 0 heterocycles. The molecule has 0 saturated carbocycles. The highest BCUT2D eigenvalue weighted by atomic mass is 19.1. The molecule has 4 aromatic carbocycles. The number of carbonyl (C=O) groups is 2. The van der Waals surface area contributed by atoms with Crippen LogP contribution in [0.1, 0.15) is 20.7 Å². The van der Waals surface area contributed by atoms with Crippen LogP contribution in [0.5, 0.6) is 11.5 Å². The maximum atomic E-state index is 13.7. The minimum Gasteiger partial charge on any atom is -0.423 e. The molecule has 0 amide bonds. The summed E-state index contributed by atoms with van der Waals surface area (Å²) in [7, 11) is 0. The van der Waals surface area contributed by atoms with Gasteiger partial charge in [0.2, 0.25) is 0 Å². The van der Waals surface area contributed by atoms with E-state index in [1.807, 2.05) is 0 Å². The van der Waals surface area contributed by atoms with Gasteiger partial charge in [-0.1, -0.05) is 48.5 Å². The summed E-state index contributed by atoms with van der Waals surface area (Å²) in [4.78, 5) is 24.2. The van der Waals surface area contributed by atoms with Gasteiger partial charge < -0.3 is 9.47 Å². The van der Waals surface area contributed by atoms with E-state index in [0.717, 1.165) is 11.1 Å². The third kappa shape index (κ3) is 4.70. The summed E-state index contributed by atoms with van der Waals surface area (Å²) in [6.45, 7) is 0. The monoisotopic (exact) mass is 430 g/mol. The van der Waals surface area contributed by atoms with Crippen LogP contribution < -0.4 is 9.47 Å². The molecule has 0 aromatic heterocycles. The molecule has 0 fully saturated rings. The van der Waals surface area contributed by atoms with Gasteiger partial charge in [0.15, 0.2) is 0 Å². The van der Waals surface area contributed by atoms with Gasteiger partial charge in [-0.2, -0.15) is 0 Å². The standard InChI is InChI=1S/C26H16F2O4/c27-23-7-3-1-5-21(23)25(29)31-19-13-9-17(10-14-19)18-11-15-20(16-12-18)32-26(30)22-6-2-4-8-24(22)28/h1-16H. The SMILES string of the molecule is O=C(Oc1ccc(-c2ccc(OC(=O)c3ccccc3F)cc2)cc1)c1ccccc1F. The summed E-state index contributed by atoms with van der Waals surface area (Å²) in [5.74, 6) is -2.31. The first-order valence-electron chi connectivity index (χ1n) is 9.65. The Morgan fingerprint density at radius 1 is 0.500 bits per heavy atom. The quantitative estimate of drug-likeness (QED) is 0.285. The Morgan fingerprint density at radius 3 is 1.19 bits per heavy atom. The van der Waals surface area contributed by atoms with E-state index in [-0.39, 0.29) is 22.6 Å². The molecule has 0 saturated heterocycles. The molecular formula is C26H16F2O4. The second-order valence-corrected chi connectivity index (χ2v) is 6.79. The van der Waals surface area contributed by atoms with Gasteiger partial charge in [0.05, 0.1) is 11.1 Å². The van der Waals surface area contributed by atoms with Crippen molar-refractivity contribution in [1.29, 1.82) is 0 Å². The number of hydrogen-bond acceptors (Lipinski definition) is 4. The molecular weight excluding hydrogens is 414 g/mol. The van der Waals surface area contributed by atoms with E-state index >= 15 is 0 Å². The first kappa shape index (κ1) is 20.9. The van der Waals surface area contributed by atoms with Gasteiger partial charge in [-0.05, 0) is 59.7 Å². The fraction of sp³-hybridized carbons (Fsp3) is 0. The lowest BCUT2D eigenvalue weighted by Crippen LogP contribution is -2.10. The van der Waals surface area contributed by atoms with Crippen molar-refractivity contribution < 1.29 is 27.8 Å². The van der Waals surface area contributed by atoms with Crippen LogP contribution in [0.3, 0.4) is 0 Å². The first-order valence-corrected chi connectivity index (χ1v) is 9.65. The Hall–Kier alpha value is -4.32. The van der Waals surface area contributed by atoms with Crippen LogP contribution in [0.2, 0.25) is 0 Å². The number of ether oxygens (including phenoxy) is 2. The summed E-state index contributed by atoms with van der Waals surface area (Å²) in [6.07, 6.45) is 0. The van der Waals surface area contributed by atoms with Crippen molar-refractivity contribution in [2.45, 2.75) is 0 Å². The molecule has 0 atom stereocenters. The number of carbonyl (C=O) groups excluding carboxylic acids is 2. The number of halogens is 2. The average Bonchev–Trinajstić information content (AvgIpc) is 2.80. The van der Waals surface area contributed by atoms with Crippen molar-refractivity contribution >= 4 is 11.9 Å². The zero-order chi connectivity index (χ0) is 22.5. The van der Waals surface area contributed by atoms with Crippen molar-refractivity contribution in [2.75, 3.05) is 0 Å². The van der Waals surface area contributed by atoms with Crippen molar-refractivity contribution in [3.05, 3.63) is 120 Å². The van der Waals surface area contributed by atoms with Gasteiger partial charge in [-0.3, -0.25) is 0 Å². The third-order valence-corrected chi connectivity index (χ3v) is 4.65. The lowest BCUT2D eigenvalue weighted by Gasteiger charge is -2.08. The Labute approximate surface area is 182 Å². The molecule has 6 heteroatoms. The van der Waals surface area contributed by atoms with Crippen LogP contribution in [-0.2, 0) is 0 Å². The van der Waals surface area contributed by atoms with Crippen LogP contribution in [0.15, 0.2) is 97.1 Å². The smallest absolute Gasteiger partial charge is 0.346 e. The zero-order valence-corrected chi connectivity index (χ0v) is 16.6. The summed E-state index contributed by atoms with van der Waals surface area (Å²) in [5.41, 5.74) is 1.36. The van der Waals surface area contributed by atoms with E-state index < -0.39 is 23.6 Å².